The molecular weight excluding hydrogens is 164 g/mol. The van der Waals surface area contributed by atoms with E-state index in [0.29, 0.717) is 0 Å². The largest absolute Gasteiger partial charge is 0.288 e. The predicted octanol–water partition coefficient (Wildman–Crippen LogP) is 1.09. The van der Waals surface area contributed by atoms with Gasteiger partial charge in [-0.2, -0.15) is 0 Å². The number of hydrogen-bond donors (Lipinski definition) is 0. The molecule has 3 heteroatoms. The van der Waals surface area contributed by atoms with Crippen LogP contribution in [-0.2, 0) is 4.79 Å². The second-order valence-corrected chi connectivity index (χ2v) is 2.62. The van der Waals surface area contributed by atoms with Gasteiger partial charge in [-0.3, -0.25) is 4.79 Å². The Morgan fingerprint density at radius 1 is 1.00 bits per heavy atom. The van der Waals surface area contributed by atoms with Gasteiger partial charge >= 0.3 is 0 Å². The van der Waals surface area contributed by atoms with Crippen LogP contribution < -0.4 is 5.43 Å². The maximum absolute atomic E-state index is 10.7. The first-order valence-electron chi connectivity index (χ1n) is 3.92. The minimum absolute atomic E-state index is 0.306. The van der Waals surface area contributed by atoms with Crippen molar-refractivity contribution in [2.45, 2.75) is 0 Å². The molecular formula is C10H7N2O. The fourth-order valence-corrected chi connectivity index (χ4v) is 1.08. The Morgan fingerprint density at radius 3 is 2.38 bits per heavy atom. The van der Waals surface area contributed by atoms with Gasteiger partial charge in [-0.1, -0.05) is 30.3 Å². The standard InChI is InChI=1S/C10H7N2O/c13-10-7-6-9(11-12-10)8-4-2-1-3-5-8/h1-7H. The molecule has 0 spiro atoms. The van der Waals surface area contributed by atoms with Crippen LogP contribution in [0.1, 0.15) is 5.56 Å². The highest BCUT2D eigenvalue weighted by Gasteiger charge is 2.06. The molecule has 1 aromatic carbocycles. The van der Waals surface area contributed by atoms with Crippen molar-refractivity contribution in [3.8, 4) is 0 Å². The molecule has 2 rings (SSSR count). The van der Waals surface area contributed by atoms with E-state index in [0.717, 1.165) is 11.3 Å². The molecule has 3 nitrogen and oxygen atoms in total. The van der Waals surface area contributed by atoms with Crippen molar-refractivity contribution in [1.82, 2.24) is 5.43 Å². The summed E-state index contributed by atoms with van der Waals surface area (Å²) in [5.74, 6) is -0.306. The number of benzene rings is 1. The molecule has 1 amide bonds. The molecule has 1 aliphatic rings. The predicted molar refractivity (Wildman–Crippen MR) is 49.3 cm³/mol. The van der Waals surface area contributed by atoms with Crippen LogP contribution in [0.25, 0.3) is 0 Å². The third-order valence-electron chi connectivity index (χ3n) is 1.71. The lowest BCUT2D eigenvalue weighted by atomic mass is 10.1. The maximum atomic E-state index is 10.7. The van der Waals surface area contributed by atoms with Gasteiger partial charge in [0.05, 0.1) is 5.71 Å². The molecule has 1 aromatic rings. The Kier molecular flexibility index (Phi) is 1.92. The Balaban J connectivity index is 2.30. The third kappa shape index (κ3) is 1.64. The van der Waals surface area contributed by atoms with Crippen molar-refractivity contribution in [2.75, 3.05) is 0 Å². The van der Waals surface area contributed by atoms with Crippen LogP contribution in [0.5, 0.6) is 0 Å². The molecule has 1 radical (unpaired) electrons. The van der Waals surface area contributed by atoms with Crippen molar-refractivity contribution in [3.05, 3.63) is 48.0 Å². The topological polar surface area (TPSA) is 43.5 Å². The number of carbonyl (C=O) groups excluding carboxylic acids is 1. The van der Waals surface area contributed by atoms with Gasteiger partial charge < -0.3 is 0 Å². The zero-order chi connectivity index (χ0) is 9.10. The van der Waals surface area contributed by atoms with Crippen LogP contribution >= 0.6 is 0 Å². The van der Waals surface area contributed by atoms with E-state index in [1.807, 2.05) is 30.3 Å². The summed E-state index contributed by atoms with van der Waals surface area (Å²) in [5, 5.41) is 3.79. The number of allylic oxidation sites excluding steroid dienone is 1. The minimum atomic E-state index is -0.306. The zero-order valence-corrected chi connectivity index (χ0v) is 6.84. The SMILES string of the molecule is O=C1C=CC(c2ccccc2)=N[N]1. The molecule has 0 bridgehead atoms. The molecule has 0 unspecified atom stereocenters. The molecule has 0 saturated heterocycles. The number of rotatable bonds is 1. The van der Waals surface area contributed by atoms with Crippen molar-refractivity contribution in [1.29, 1.82) is 0 Å². The van der Waals surface area contributed by atoms with E-state index in [4.69, 9.17) is 0 Å². The first-order valence-corrected chi connectivity index (χ1v) is 3.92. The second kappa shape index (κ2) is 3.23. The molecule has 1 heterocycles. The highest BCUT2D eigenvalue weighted by atomic mass is 16.2. The monoisotopic (exact) mass is 171 g/mol. The van der Waals surface area contributed by atoms with Crippen molar-refractivity contribution in [2.24, 2.45) is 5.10 Å². The van der Waals surface area contributed by atoms with Crippen LogP contribution in [-0.4, -0.2) is 11.6 Å². The van der Waals surface area contributed by atoms with Crippen molar-refractivity contribution < 1.29 is 4.79 Å². The highest BCUT2D eigenvalue weighted by Crippen LogP contribution is 2.04. The molecule has 13 heavy (non-hydrogen) atoms. The Bertz CT molecular complexity index is 379. The molecule has 63 valence electrons. The smallest absolute Gasteiger partial charge is 0.266 e. The van der Waals surface area contributed by atoms with Gasteiger partial charge in [0.2, 0.25) is 0 Å². The normalized spacial score (nSPS) is 15.1. The van der Waals surface area contributed by atoms with E-state index >= 15 is 0 Å². The third-order valence-corrected chi connectivity index (χ3v) is 1.71. The average Bonchev–Trinajstić information content (AvgIpc) is 2.20. The Labute approximate surface area is 75.8 Å². The van der Waals surface area contributed by atoms with Crippen LogP contribution in [0.2, 0.25) is 0 Å². The number of carbonyl (C=O) groups is 1. The first-order chi connectivity index (χ1) is 6.36. The van der Waals surface area contributed by atoms with Gasteiger partial charge in [-0.25, -0.2) is 0 Å². The molecule has 0 aromatic heterocycles. The Morgan fingerprint density at radius 2 is 1.77 bits per heavy atom. The van der Waals surface area contributed by atoms with E-state index in [1.165, 1.54) is 6.08 Å². The lowest BCUT2D eigenvalue weighted by molar-refractivity contribution is -0.116. The summed E-state index contributed by atoms with van der Waals surface area (Å²) >= 11 is 0. The number of hydrogen-bond acceptors (Lipinski definition) is 2. The number of amides is 1. The molecule has 0 saturated carbocycles. The lowest BCUT2D eigenvalue weighted by Crippen LogP contribution is -2.15. The van der Waals surface area contributed by atoms with Crippen molar-refractivity contribution in [3.63, 3.8) is 0 Å². The van der Waals surface area contributed by atoms with Gasteiger partial charge in [-0.05, 0) is 6.08 Å². The fraction of sp³-hybridized carbons (Fsp3) is 0. The van der Waals surface area contributed by atoms with E-state index in [1.54, 1.807) is 6.08 Å². The van der Waals surface area contributed by atoms with Gasteiger partial charge in [0.15, 0.2) is 0 Å². The maximum Gasteiger partial charge on any atom is 0.288 e. The van der Waals surface area contributed by atoms with Crippen LogP contribution in [0.15, 0.2) is 47.6 Å². The summed E-state index contributed by atoms with van der Waals surface area (Å²) in [5.41, 5.74) is 5.14. The van der Waals surface area contributed by atoms with Gasteiger partial charge in [0.25, 0.3) is 5.91 Å². The van der Waals surface area contributed by atoms with E-state index in [9.17, 15) is 4.79 Å². The van der Waals surface area contributed by atoms with E-state index in [2.05, 4.69) is 10.5 Å². The van der Waals surface area contributed by atoms with Crippen LogP contribution in [0.4, 0.5) is 0 Å². The summed E-state index contributed by atoms with van der Waals surface area (Å²) in [6.07, 6.45) is 3.08. The molecule has 0 N–H and O–H groups in total. The van der Waals surface area contributed by atoms with Crippen LogP contribution in [0.3, 0.4) is 0 Å². The molecule has 1 aliphatic heterocycles. The molecule has 0 atom stereocenters. The first kappa shape index (κ1) is 7.73. The molecule has 0 aliphatic carbocycles. The molecule has 0 fully saturated rings. The van der Waals surface area contributed by atoms with E-state index in [-0.39, 0.29) is 5.91 Å². The summed E-state index contributed by atoms with van der Waals surface area (Å²) in [6, 6.07) is 9.62. The Hall–Kier alpha value is -1.90. The van der Waals surface area contributed by atoms with Crippen LogP contribution in [0, 0.1) is 0 Å². The van der Waals surface area contributed by atoms with E-state index < -0.39 is 0 Å². The quantitative estimate of drug-likeness (QED) is 0.623. The van der Waals surface area contributed by atoms with Gasteiger partial charge in [0, 0.05) is 11.6 Å². The average molecular weight is 171 g/mol. The van der Waals surface area contributed by atoms with Gasteiger partial charge in [-0.15, -0.1) is 10.5 Å². The minimum Gasteiger partial charge on any atom is -0.266 e. The summed E-state index contributed by atoms with van der Waals surface area (Å²) < 4.78 is 0. The summed E-state index contributed by atoms with van der Waals surface area (Å²) in [7, 11) is 0. The summed E-state index contributed by atoms with van der Waals surface area (Å²) in [6.45, 7) is 0. The number of nitrogens with zero attached hydrogens (tertiary/aromatic N) is 2. The van der Waals surface area contributed by atoms with Crippen molar-refractivity contribution >= 4 is 11.6 Å². The van der Waals surface area contributed by atoms with Gasteiger partial charge in [0.1, 0.15) is 0 Å². The zero-order valence-electron chi connectivity index (χ0n) is 6.84. The second-order valence-electron chi connectivity index (χ2n) is 2.62. The lowest BCUT2D eigenvalue weighted by Gasteiger charge is -2.03. The summed E-state index contributed by atoms with van der Waals surface area (Å²) in [4.78, 5) is 10.7. The fourth-order valence-electron chi connectivity index (χ4n) is 1.08. The highest BCUT2D eigenvalue weighted by molar-refractivity contribution is 6.13.